The number of amidine groups is 1. The van der Waals surface area contributed by atoms with Crippen LogP contribution in [0.15, 0.2) is 52.5 Å². The molecule has 1 aliphatic rings. The van der Waals surface area contributed by atoms with Crippen LogP contribution in [-0.2, 0) is 11.2 Å². The standard InChI is InChI=1S/C16H15N3OS/c1-2-11-6-3-4-8-13(11)18-16-19-15(20)14(21-16)10-12-7-5-9-17-12/h3-10,17H,2H2,1H3,(H,18,19,20)/b14-10+. The molecule has 5 heteroatoms. The van der Waals surface area contributed by atoms with E-state index in [9.17, 15) is 4.79 Å². The average molecular weight is 297 g/mol. The number of carbonyl (C=O) groups excluding carboxylic acids is 1. The number of aryl methyl sites for hydroxylation is 1. The number of H-pyrrole nitrogens is 1. The van der Waals surface area contributed by atoms with Gasteiger partial charge in [0.2, 0.25) is 0 Å². The number of para-hydroxylation sites is 1. The van der Waals surface area contributed by atoms with E-state index in [1.54, 1.807) is 0 Å². The molecule has 0 unspecified atom stereocenters. The first kappa shape index (κ1) is 13.7. The zero-order chi connectivity index (χ0) is 14.7. The molecule has 1 amide bonds. The third-order valence-corrected chi connectivity index (χ3v) is 4.06. The molecule has 1 aliphatic heterocycles. The van der Waals surface area contributed by atoms with E-state index in [0.29, 0.717) is 10.1 Å². The Balaban J connectivity index is 1.86. The normalized spacial score (nSPS) is 18.4. The molecule has 0 radical (unpaired) electrons. The van der Waals surface area contributed by atoms with Gasteiger partial charge in [0.25, 0.3) is 5.91 Å². The van der Waals surface area contributed by atoms with Gasteiger partial charge in [-0.25, -0.2) is 4.99 Å². The first-order chi connectivity index (χ1) is 10.3. The van der Waals surface area contributed by atoms with E-state index in [0.717, 1.165) is 17.8 Å². The van der Waals surface area contributed by atoms with Gasteiger partial charge in [-0.2, -0.15) is 0 Å². The van der Waals surface area contributed by atoms with Crippen LogP contribution in [0.5, 0.6) is 0 Å². The fraction of sp³-hybridized carbons (Fsp3) is 0.125. The highest BCUT2D eigenvalue weighted by molar-refractivity contribution is 8.18. The van der Waals surface area contributed by atoms with Crippen molar-refractivity contribution < 1.29 is 4.79 Å². The molecule has 2 aromatic rings. The Hall–Kier alpha value is -2.27. The van der Waals surface area contributed by atoms with Gasteiger partial charge in [0.1, 0.15) is 0 Å². The number of rotatable bonds is 3. The van der Waals surface area contributed by atoms with Gasteiger partial charge in [0.05, 0.1) is 10.6 Å². The summed E-state index contributed by atoms with van der Waals surface area (Å²) in [5, 5.41) is 3.43. The number of aromatic nitrogens is 1. The number of benzene rings is 1. The Morgan fingerprint density at radius 1 is 1.24 bits per heavy atom. The van der Waals surface area contributed by atoms with Crippen molar-refractivity contribution >= 4 is 34.6 Å². The lowest BCUT2D eigenvalue weighted by molar-refractivity contribution is -0.115. The largest absolute Gasteiger partial charge is 0.362 e. The molecule has 21 heavy (non-hydrogen) atoms. The Kier molecular flexibility index (Phi) is 3.92. The first-order valence-electron chi connectivity index (χ1n) is 6.77. The lowest BCUT2D eigenvalue weighted by atomic mass is 10.1. The van der Waals surface area contributed by atoms with Crippen molar-refractivity contribution in [3.05, 3.63) is 58.8 Å². The van der Waals surface area contributed by atoms with Gasteiger partial charge in [-0.1, -0.05) is 25.1 Å². The van der Waals surface area contributed by atoms with Crippen LogP contribution in [0.1, 0.15) is 18.2 Å². The van der Waals surface area contributed by atoms with Crippen LogP contribution in [0.4, 0.5) is 5.69 Å². The van der Waals surface area contributed by atoms with E-state index < -0.39 is 0 Å². The lowest BCUT2D eigenvalue weighted by Gasteiger charge is -2.02. The summed E-state index contributed by atoms with van der Waals surface area (Å²) in [5.41, 5.74) is 2.98. The van der Waals surface area contributed by atoms with Crippen LogP contribution in [0, 0.1) is 0 Å². The van der Waals surface area contributed by atoms with Gasteiger partial charge in [-0.3, -0.25) is 4.79 Å². The molecule has 1 aromatic carbocycles. The van der Waals surface area contributed by atoms with Crippen molar-refractivity contribution in [3.63, 3.8) is 0 Å². The Morgan fingerprint density at radius 3 is 2.86 bits per heavy atom. The highest BCUT2D eigenvalue weighted by Crippen LogP contribution is 2.29. The molecule has 0 aliphatic carbocycles. The lowest BCUT2D eigenvalue weighted by Crippen LogP contribution is -2.19. The molecule has 2 heterocycles. The van der Waals surface area contributed by atoms with Crippen molar-refractivity contribution in [2.45, 2.75) is 13.3 Å². The number of nitrogens with zero attached hydrogens (tertiary/aromatic N) is 1. The zero-order valence-corrected chi connectivity index (χ0v) is 12.4. The predicted octanol–water partition coefficient (Wildman–Crippen LogP) is 3.47. The van der Waals surface area contributed by atoms with Crippen LogP contribution in [0.2, 0.25) is 0 Å². The van der Waals surface area contributed by atoms with Gasteiger partial charge < -0.3 is 10.3 Å². The first-order valence-corrected chi connectivity index (χ1v) is 7.59. The molecular formula is C16H15N3OS. The van der Waals surface area contributed by atoms with E-state index in [1.165, 1.54) is 17.3 Å². The molecule has 1 fully saturated rings. The Morgan fingerprint density at radius 2 is 2.10 bits per heavy atom. The van der Waals surface area contributed by atoms with Gasteiger partial charge in [-0.05, 0) is 48.0 Å². The second-order valence-electron chi connectivity index (χ2n) is 4.59. The number of aromatic amines is 1. The second-order valence-corrected chi connectivity index (χ2v) is 5.62. The van der Waals surface area contributed by atoms with Crippen molar-refractivity contribution in [1.29, 1.82) is 0 Å². The maximum atomic E-state index is 12.0. The van der Waals surface area contributed by atoms with Gasteiger partial charge in [0.15, 0.2) is 5.17 Å². The number of nitrogens with one attached hydrogen (secondary N) is 2. The maximum Gasteiger partial charge on any atom is 0.264 e. The third-order valence-electron chi connectivity index (χ3n) is 3.15. The van der Waals surface area contributed by atoms with E-state index in [1.807, 2.05) is 42.6 Å². The molecule has 106 valence electrons. The van der Waals surface area contributed by atoms with Crippen molar-refractivity contribution in [2.24, 2.45) is 4.99 Å². The van der Waals surface area contributed by atoms with Gasteiger partial charge >= 0.3 is 0 Å². The van der Waals surface area contributed by atoms with Crippen LogP contribution < -0.4 is 5.32 Å². The fourth-order valence-corrected chi connectivity index (χ4v) is 2.91. The van der Waals surface area contributed by atoms with Crippen molar-refractivity contribution in [1.82, 2.24) is 10.3 Å². The molecule has 1 aromatic heterocycles. The number of hydrogen-bond acceptors (Lipinski definition) is 3. The molecule has 3 rings (SSSR count). The van der Waals surface area contributed by atoms with Crippen LogP contribution >= 0.6 is 11.8 Å². The summed E-state index contributed by atoms with van der Waals surface area (Å²) >= 11 is 1.36. The minimum Gasteiger partial charge on any atom is -0.362 e. The summed E-state index contributed by atoms with van der Waals surface area (Å²) in [6, 6.07) is 11.8. The summed E-state index contributed by atoms with van der Waals surface area (Å²) in [7, 11) is 0. The molecule has 0 bridgehead atoms. The van der Waals surface area contributed by atoms with Crippen molar-refractivity contribution in [2.75, 3.05) is 0 Å². The Labute approximate surface area is 127 Å². The quantitative estimate of drug-likeness (QED) is 0.852. The summed E-state index contributed by atoms with van der Waals surface area (Å²) in [6.07, 6.45) is 4.57. The zero-order valence-electron chi connectivity index (χ0n) is 11.6. The molecule has 0 saturated carbocycles. The monoisotopic (exact) mass is 297 g/mol. The average Bonchev–Trinajstić information content (AvgIpc) is 3.11. The number of amides is 1. The van der Waals surface area contributed by atoms with Crippen LogP contribution in [0.3, 0.4) is 0 Å². The highest BCUT2D eigenvalue weighted by atomic mass is 32.2. The third kappa shape index (κ3) is 3.08. The van der Waals surface area contributed by atoms with E-state index in [2.05, 4.69) is 28.3 Å². The van der Waals surface area contributed by atoms with E-state index in [4.69, 9.17) is 0 Å². The maximum absolute atomic E-state index is 12.0. The summed E-state index contributed by atoms with van der Waals surface area (Å²) in [6.45, 7) is 2.09. The molecule has 2 N–H and O–H groups in total. The minimum atomic E-state index is -0.109. The number of thioether (sulfide) groups is 1. The number of carbonyl (C=O) groups is 1. The van der Waals surface area contributed by atoms with Gasteiger partial charge in [0, 0.05) is 11.9 Å². The minimum absolute atomic E-state index is 0.109. The second kappa shape index (κ2) is 6.01. The van der Waals surface area contributed by atoms with E-state index >= 15 is 0 Å². The van der Waals surface area contributed by atoms with Crippen LogP contribution in [-0.4, -0.2) is 16.1 Å². The van der Waals surface area contributed by atoms with Gasteiger partial charge in [-0.15, -0.1) is 0 Å². The molecule has 0 atom stereocenters. The highest BCUT2D eigenvalue weighted by Gasteiger charge is 2.24. The van der Waals surface area contributed by atoms with Crippen LogP contribution in [0.25, 0.3) is 6.08 Å². The number of aliphatic imine (C=N–C) groups is 1. The topological polar surface area (TPSA) is 57.2 Å². The fourth-order valence-electron chi connectivity index (χ4n) is 2.08. The predicted molar refractivity (Wildman–Crippen MR) is 87.4 cm³/mol. The molecular weight excluding hydrogens is 282 g/mol. The summed E-state index contributed by atoms with van der Waals surface area (Å²) in [4.78, 5) is 20.2. The van der Waals surface area contributed by atoms with Crippen molar-refractivity contribution in [3.8, 4) is 0 Å². The molecule has 4 nitrogen and oxygen atoms in total. The smallest absolute Gasteiger partial charge is 0.264 e. The number of hydrogen-bond donors (Lipinski definition) is 2. The van der Waals surface area contributed by atoms with E-state index in [-0.39, 0.29) is 5.91 Å². The molecule has 1 saturated heterocycles. The molecule has 0 spiro atoms. The summed E-state index contributed by atoms with van der Waals surface area (Å²) in [5.74, 6) is -0.109. The SMILES string of the molecule is CCc1ccccc1N=C1NC(=O)/C(=C\c2ccc[nH]2)S1. The Bertz CT molecular complexity index is 717. The summed E-state index contributed by atoms with van der Waals surface area (Å²) < 4.78 is 0.